The summed E-state index contributed by atoms with van der Waals surface area (Å²) in [6.45, 7) is 0.294. The highest BCUT2D eigenvalue weighted by atomic mass is 35.5. The molecule has 0 atom stereocenters. The third-order valence-electron chi connectivity index (χ3n) is 5.38. The second kappa shape index (κ2) is 10.1. The fourth-order valence-corrected chi connectivity index (χ4v) is 4.08. The number of aromatic nitrogens is 2. The Morgan fingerprint density at radius 2 is 1.69 bits per heavy atom. The van der Waals surface area contributed by atoms with Crippen LogP contribution in [0.5, 0.6) is 5.75 Å². The van der Waals surface area contributed by atoms with E-state index in [0.717, 1.165) is 16.7 Å². The van der Waals surface area contributed by atoms with Crippen molar-refractivity contribution < 1.29 is 4.74 Å². The first-order valence-electron chi connectivity index (χ1n) is 10.9. The van der Waals surface area contributed by atoms with Crippen molar-refractivity contribution in [2.24, 2.45) is 5.10 Å². The molecule has 0 radical (unpaired) electrons. The zero-order chi connectivity index (χ0) is 24.2. The van der Waals surface area contributed by atoms with Crippen LogP contribution >= 0.6 is 23.2 Å². The Kier molecular flexibility index (Phi) is 6.62. The minimum Gasteiger partial charge on any atom is -0.489 e. The van der Waals surface area contributed by atoms with Crippen LogP contribution in [0.1, 0.15) is 11.1 Å². The predicted molar refractivity (Wildman–Crippen MR) is 142 cm³/mol. The van der Waals surface area contributed by atoms with E-state index in [1.165, 1.54) is 4.68 Å². The molecule has 5 nitrogen and oxygen atoms in total. The highest BCUT2D eigenvalue weighted by molar-refractivity contribution is 6.35. The summed E-state index contributed by atoms with van der Waals surface area (Å²) >= 11 is 12.2. The molecule has 35 heavy (non-hydrogen) atoms. The topological polar surface area (TPSA) is 56.5 Å². The van der Waals surface area contributed by atoms with Gasteiger partial charge in [0.15, 0.2) is 5.82 Å². The van der Waals surface area contributed by atoms with Crippen molar-refractivity contribution in [2.45, 2.75) is 6.61 Å². The lowest BCUT2D eigenvalue weighted by Crippen LogP contribution is -2.20. The summed E-state index contributed by atoms with van der Waals surface area (Å²) in [6.07, 6.45) is 1.62. The largest absolute Gasteiger partial charge is 0.489 e. The van der Waals surface area contributed by atoms with Gasteiger partial charge in [0.05, 0.1) is 17.1 Å². The van der Waals surface area contributed by atoms with E-state index in [1.807, 2.05) is 78.9 Å². The summed E-state index contributed by atoms with van der Waals surface area (Å²) < 4.78 is 7.24. The van der Waals surface area contributed by atoms with Crippen LogP contribution in [0, 0.1) is 0 Å². The van der Waals surface area contributed by atoms with E-state index in [2.05, 4.69) is 5.10 Å². The summed E-state index contributed by atoms with van der Waals surface area (Å²) in [6, 6.07) is 29.5. The van der Waals surface area contributed by atoms with E-state index >= 15 is 0 Å². The zero-order valence-corrected chi connectivity index (χ0v) is 19.9. The van der Waals surface area contributed by atoms with Crippen LogP contribution in [0.3, 0.4) is 0 Å². The fourth-order valence-electron chi connectivity index (χ4n) is 3.61. The van der Waals surface area contributed by atoms with Crippen LogP contribution in [-0.2, 0) is 6.61 Å². The fraction of sp³-hybridized carbons (Fsp3) is 0.0357. The van der Waals surface area contributed by atoms with Gasteiger partial charge in [-0.2, -0.15) is 9.78 Å². The molecule has 0 saturated carbocycles. The van der Waals surface area contributed by atoms with Gasteiger partial charge in [-0.05, 0) is 42.0 Å². The second-order valence-electron chi connectivity index (χ2n) is 7.78. The number of ether oxygens (including phenoxy) is 1. The van der Waals surface area contributed by atoms with Crippen molar-refractivity contribution in [3.63, 3.8) is 0 Å². The van der Waals surface area contributed by atoms with Crippen LogP contribution in [0.25, 0.3) is 22.3 Å². The predicted octanol–water partition coefficient (Wildman–Crippen LogP) is 6.83. The molecule has 0 aliphatic rings. The molecule has 7 heteroatoms. The Bertz CT molecular complexity index is 1600. The molecule has 0 N–H and O–H groups in total. The molecule has 5 aromatic rings. The average Bonchev–Trinajstić information content (AvgIpc) is 2.88. The molecule has 0 saturated heterocycles. The third-order valence-corrected chi connectivity index (χ3v) is 5.96. The molecule has 1 heterocycles. The van der Waals surface area contributed by atoms with Crippen LogP contribution in [-0.4, -0.2) is 15.9 Å². The number of nitrogens with zero attached hydrogens (tertiary/aromatic N) is 3. The molecule has 0 bridgehead atoms. The Balaban J connectivity index is 1.47. The molecular weight excluding hydrogens is 481 g/mol. The lowest BCUT2D eigenvalue weighted by Gasteiger charge is -2.10. The summed E-state index contributed by atoms with van der Waals surface area (Å²) in [5, 5.41) is 6.13. The van der Waals surface area contributed by atoms with E-state index in [1.54, 1.807) is 24.4 Å². The minimum atomic E-state index is -0.240. The molecule has 0 amide bonds. The molecule has 0 fully saturated rings. The van der Waals surface area contributed by atoms with Gasteiger partial charge in [0, 0.05) is 21.2 Å². The van der Waals surface area contributed by atoms with Crippen molar-refractivity contribution in [1.82, 2.24) is 9.66 Å². The minimum absolute atomic E-state index is 0.240. The van der Waals surface area contributed by atoms with E-state index in [4.69, 9.17) is 32.9 Å². The maximum absolute atomic E-state index is 13.3. The SMILES string of the molecule is O=c1c2ccccc2nc(-c2ccccc2)n1N=Cc1cccc(OCc2ccc(Cl)cc2Cl)c1. The molecule has 0 aliphatic heterocycles. The number of para-hydroxylation sites is 1. The third kappa shape index (κ3) is 5.11. The summed E-state index contributed by atoms with van der Waals surface area (Å²) in [4.78, 5) is 18.0. The number of benzene rings is 4. The van der Waals surface area contributed by atoms with Crippen molar-refractivity contribution in [1.29, 1.82) is 0 Å². The maximum atomic E-state index is 13.3. The summed E-state index contributed by atoms with van der Waals surface area (Å²) in [7, 11) is 0. The molecule has 172 valence electrons. The summed E-state index contributed by atoms with van der Waals surface area (Å²) in [5.74, 6) is 1.11. The summed E-state index contributed by atoms with van der Waals surface area (Å²) in [5.41, 5.74) is 2.78. The normalized spacial score (nSPS) is 11.3. The lowest BCUT2D eigenvalue weighted by atomic mass is 10.2. The van der Waals surface area contributed by atoms with Crippen molar-refractivity contribution in [3.05, 3.63) is 129 Å². The van der Waals surface area contributed by atoms with Crippen LogP contribution < -0.4 is 10.3 Å². The molecule has 0 spiro atoms. The van der Waals surface area contributed by atoms with Gasteiger partial charge in [-0.1, -0.05) is 83.9 Å². The average molecular weight is 500 g/mol. The van der Waals surface area contributed by atoms with Crippen LogP contribution in [0.2, 0.25) is 10.0 Å². The van der Waals surface area contributed by atoms with Gasteiger partial charge >= 0.3 is 0 Å². The molecule has 0 aliphatic carbocycles. The van der Waals surface area contributed by atoms with E-state index in [0.29, 0.717) is 39.1 Å². The smallest absolute Gasteiger partial charge is 0.282 e. The van der Waals surface area contributed by atoms with Gasteiger partial charge in [0.1, 0.15) is 12.4 Å². The zero-order valence-electron chi connectivity index (χ0n) is 18.4. The Labute approximate surface area is 211 Å². The maximum Gasteiger partial charge on any atom is 0.282 e. The number of fused-ring (bicyclic) bond motifs is 1. The number of hydrogen-bond acceptors (Lipinski definition) is 4. The Hall–Kier alpha value is -3.93. The first-order chi connectivity index (χ1) is 17.1. The van der Waals surface area contributed by atoms with Gasteiger partial charge in [0.2, 0.25) is 0 Å². The van der Waals surface area contributed by atoms with E-state index in [-0.39, 0.29) is 5.56 Å². The van der Waals surface area contributed by atoms with Crippen molar-refractivity contribution in [2.75, 3.05) is 0 Å². The van der Waals surface area contributed by atoms with Crippen LogP contribution in [0.4, 0.5) is 0 Å². The van der Waals surface area contributed by atoms with E-state index < -0.39 is 0 Å². The highest BCUT2D eigenvalue weighted by Gasteiger charge is 2.12. The number of halogens is 2. The molecular formula is C28H19Cl2N3O2. The quantitative estimate of drug-likeness (QED) is 0.240. The molecule has 0 unspecified atom stereocenters. The number of rotatable bonds is 6. The first kappa shape index (κ1) is 22.8. The van der Waals surface area contributed by atoms with Crippen molar-refractivity contribution in [3.8, 4) is 17.1 Å². The first-order valence-corrected chi connectivity index (χ1v) is 11.6. The van der Waals surface area contributed by atoms with E-state index in [9.17, 15) is 4.79 Å². The second-order valence-corrected chi connectivity index (χ2v) is 8.62. The van der Waals surface area contributed by atoms with Gasteiger partial charge in [-0.3, -0.25) is 4.79 Å². The molecule has 5 rings (SSSR count). The standard InChI is InChI=1S/C28H19Cl2N3O2/c29-22-14-13-21(25(30)16-22)18-35-23-10-6-7-19(15-23)17-31-33-27(20-8-2-1-3-9-20)32-26-12-5-4-11-24(26)28(33)34/h1-17H,18H2. The molecule has 1 aromatic heterocycles. The Morgan fingerprint density at radius 3 is 2.51 bits per heavy atom. The van der Waals surface area contributed by atoms with Crippen LogP contribution in [0.15, 0.2) is 107 Å². The number of hydrogen-bond donors (Lipinski definition) is 0. The highest BCUT2D eigenvalue weighted by Crippen LogP contribution is 2.23. The van der Waals surface area contributed by atoms with Gasteiger partial charge in [-0.15, -0.1) is 0 Å². The van der Waals surface area contributed by atoms with Gasteiger partial charge < -0.3 is 4.74 Å². The monoisotopic (exact) mass is 499 g/mol. The van der Waals surface area contributed by atoms with Gasteiger partial charge in [0.25, 0.3) is 5.56 Å². The lowest BCUT2D eigenvalue weighted by molar-refractivity contribution is 0.306. The van der Waals surface area contributed by atoms with Crippen molar-refractivity contribution >= 4 is 40.3 Å². The Morgan fingerprint density at radius 1 is 0.886 bits per heavy atom. The molecule has 4 aromatic carbocycles. The van der Waals surface area contributed by atoms with Gasteiger partial charge in [-0.25, -0.2) is 4.98 Å².